The summed E-state index contributed by atoms with van der Waals surface area (Å²) in [7, 11) is 1.50. The molecule has 3 N–H and O–H groups in total. The van der Waals surface area contributed by atoms with E-state index in [1.807, 2.05) is 70.2 Å². The highest BCUT2D eigenvalue weighted by Gasteiger charge is 2.09. The number of hydrogen-bond donors (Lipinski definition) is 2. The summed E-state index contributed by atoms with van der Waals surface area (Å²) in [4.78, 5) is 22.1. The average molecular weight is 397 g/mol. The molecule has 5 heteroatoms. The number of rotatable bonds is 6. The first-order valence-electron chi connectivity index (χ1n) is 9.89. The zero-order valence-corrected chi connectivity index (χ0v) is 18.0. The molecule has 0 aliphatic carbocycles. The third kappa shape index (κ3) is 6.88. The van der Waals surface area contributed by atoms with Crippen LogP contribution >= 0.6 is 0 Å². The molecule has 29 heavy (non-hydrogen) atoms. The van der Waals surface area contributed by atoms with Gasteiger partial charge in [0.15, 0.2) is 17.8 Å². The van der Waals surface area contributed by atoms with Crippen LogP contribution in [0.3, 0.4) is 0 Å². The molecule has 5 nitrogen and oxygen atoms in total. The largest absolute Gasteiger partial charge is 0.453 e. The molecule has 0 amide bonds. The van der Waals surface area contributed by atoms with Crippen molar-refractivity contribution in [3.05, 3.63) is 64.9 Å². The molecule has 1 aromatic heterocycles. The number of nitrogens with one attached hydrogen (secondary N) is 1. The van der Waals surface area contributed by atoms with Gasteiger partial charge in [0.2, 0.25) is 0 Å². The molecule has 0 aliphatic heterocycles. The average Bonchev–Trinajstić information content (AvgIpc) is 3.05. The molecule has 156 valence electrons. The van der Waals surface area contributed by atoms with Gasteiger partial charge in [-0.3, -0.25) is 9.59 Å². The maximum Gasteiger partial charge on any atom is 0.185 e. The normalized spacial score (nSPS) is 9.72. The first-order chi connectivity index (χ1) is 14.0. The summed E-state index contributed by atoms with van der Waals surface area (Å²) in [5.41, 5.74) is 9.17. The van der Waals surface area contributed by atoms with Gasteiger partial charge in [-0.15, -0.1) is 0 Å². The number of ketones is 1. The number of Topliss-reactive ketones (excluding diaryl/α,β-unsaturated/α-hetero) is 1. The molecule has 2 aromatic carbocycles. The van der Waals surface area contributed by atoms with E-state index in [-0.39, 0.29) is 5.78 Å². The standard InChI is InChI=1S/C12H13NO2.C11H14O.CH5N/c1-3-13-9-4-5-10-8(2)12(7-14)15-11(10)6-9;1-3-5-11(12)10-7-4-6-9(2)8-10;1-2/h4-7,13H,3H2,1-2H3;4,6-8H,3,5H2,1-2H3;2H2,1H3. The molecular formula is C24H32N2O3. The Balaban J connectivity index is 0.000000273. The second-order valence-electron chi connectivity index (χ2n) is 6.49. The fraction of sp³-hybridized carbons (Fsp3) is 0.333. The summed E-state index contributed by atoms with van der Waals surface area (Å²) in [6.07, 6.45) is 2.33. The van der Waals surface area contributed by atoms with Crippen molar-refractivity contribution in [1.82, 2.24) is 0 Å². The fourth-order valence-electron chi connectivity index (χ4n) is 2.86. The van der Waals surface area contributed by atoms with Crippen LogP contribution in [0.4, 0.5) is 5.69 Å². The molecule has 3 rings (SSSR count). The molecule has 0 saturated heterocycles. The van der Waals surface area contributed by atoms with Gasteiger partial charge in [-0.2, -0.15) is 0 Å². The van der Waals surface area contributed by atoms with Gasteiger partial charge in [-0.25, -0.2) is 0 Å². The lowest BCUT2D eigenvalue weighted by Crippen LogP contribution is -1.97. The van der Waals surface area contributed by atoms with E-state index >= 15 is 0 Å². The zero-order valence-electron chi connectivity index (χ0n) is 18.0. The van der Waals surface area contributed by atoms with Gasteiger partial charge in [0.25, 0.3) is 0 Å². The number of carbonyl (C=O) groups is 2. The minimum absolute atomic E-state index is 0.251. The summed E-state index contributed by atoms with van der Waals surface area (Å²) in [5, 5.41) is 4.20. The molecule has 0 atom stereocenters. The first kappa shape index (κ1) is 24.1. The Morgan fingerprint density at radius 1 is 1.10 bits per heavy atom. The van der Waals surface area contributed by atoms with Crippen LogP contribution in [0, 0.1) is 13.8 Å². The van der Waals surface area contributed by atoms with Gasteiger partial charge in [-0.05, 0) is 52.4 Å². The van der Waals surface area contributed by atoms with Crippen LogP contribution in [-0.2, 0) is 0 Å². The Morgan fingerprint density at radius 3 is 2.41 bits per heavy atom. The molecule has 0 bridgehead atoms. The quantitative estimate of drug-likeness (QED) is 0.422. The lowest BCUT2D eigenvalue weighted by atomic mass is 10.1. The van der Waals surface area contributed by atoms with Gasteiger partial charge in [0.1, 0.15) is 5.58 Å². The van der Waals surface area contributed by atoms with Gasteiger partial charge in [0, 0.05) is 41.2 Å². The van der Waals surface area contributed by atoms with Crippen LogP contribution in [0.1, 0.15) is 58.7 Å². The molecule has 0 spiro atoms. The molecule has 0 unspecified atom stereocenters. The first-order valence-corrected chi connectivity index (χ1v) is 9.89. The van der Waals surface area contributed by atoms with Crippen LogP contribution < -0.4 is 11.1 Å². The van der Waals surface area contributed by atoms with Gasteiger partial charge in [0.05, 0.1) is 0 Å². The van der Waals surface area contributed by atoms with Crippen LogP contribution in [0.5, 0.6) is 0 Å². The maximum absolute atomic E-state index is 11.4. The Bertz CT molecular complexity index is 929. The Labute approximate surface area is 173 Å². The number of hydrogen-bond acceptors (Lipinski definition) is 5. The molecule has 0 radical (unpaired) electrons. The Kier molecular flexibility index (Phi) is 10.4. The van der Waals surface area contributed by atoms with Crippen molar-refractivity contribution in [3.63, 3.8) is 0 Å². The summed E-state index contributed by atoms with van der Waals surface area (Å²) in [6, 6.07) is 13.6. The van der Waals surface area contributed by atoms with E-state index in [4.69, 9.17) is 4.42 Å². The van der Waals surface area contributed by atoms with E-state index in [1.54, 1.807) is 0 Å². The summed E-state index contributed by atoms with van der Waals surface area (Å²) >= 11 is 0. The topological polar surface area (TPSA) is 85.3 Å². The SMILES string of the molecule is CCCC(=O)c1cccc(C)c1.CCNc1ccc2c(C)c(C=O)oc2c1.CN. The highest BCUT2D eigenvalue weighted by Crippen LogP contribution is 2.26. The van der Waals surface area contributed by atoms with E-state index in [1.165, 1.54) is 7.05 Å². The highest BCUT2D eigenvalue weighted by molar-refractivity contribution is 5.96. The maximum atomic E-state index is 11.4. The number of carbonyl (C=O) groups excluding carboxylic acids is 2. The third-order valence-electron chi connectivity index (χ3n) is 4.28. The van der Waals surface area contributed by atoms with Crippen molar-refractivity contribution < 1.29 is 14.0 Å². The predicted octanol–water partition coefficient (Wildman–Crippen LogP) is 5.54. The predicted molar refractivity (Wildman–Crippen MR) is 121 cm³/mol. The lowest BCUT2D eigenvalue weighted by molar-refractivity contribution is 0.0981. The summed E-state index contributed by atoms with van der Waals surface area (Å²) < 4.78 is 5.43. The number of anilines is 1. The molecule has 0 fully saturated rings. The number of fused-ring (bicyclic) bond motifs is 1. The van der Waals surface area contributed by atoms with Crippen molar-refractivity contribution in [3.8, 4) is 0 Å². The molecule has 0 saturated carbocycles. The fourth-order valence-corrected chi connectivity index (χ4v) is 2.86. The van der Waals surface area contributed by atoms with E-state index in [0.29, 0.717) is 12.2 Å². The van der Waals surface area contributed by atoms with E-state index in [0.717, 1.165) is 52.6 Å². The summed E-state index contributed by atoms with van der Waals surface area (Å²) in [5.74, 6) is 0.667. The van der Waals surface area contributed by atoms with Crippen LogP contribution in [0.15, 0.2) is 46.9 Å². The summed E-state index contributed by atoms with van der Waals surface area (Å²) in [6.45, 7) is 8.82. The number of benzene rings is 2. The number of aldehydes is 1. The van der Waals surface area contributed by atoms with Gasteiger partial charge in [-0.1, -0.05) is 30.7 Å². The molecule has 0 aliphatic rings. The van der Waals surface area contributed by atoms with Crippen LogP contribution in [0.25, 0.3) is 11.0 Å². The van der Waals surface area contributed by atoms with Gasteiger partial charge < -0.3 is 15.5 Å². The van der Waals surface area contributed by atoms with Crippen molar-refractivity contribution in [2.75, 3.05) is 18.9 Å². The molecule has 1 heterocycles. The van der Waals surface area contributed by atoms with Crippen molar-refractivity contribution in [1.29, 1.82) is 0 Å². The lowest BCUT2D eigenvalue weighted by Gasteiger charge is -2.01. The third-order valence-corrected chi connectivity index (χ3v) is 4.28. The van der Waals surface area contributed by atoms with E-state index in [9.17, 15) is 9.59 Å². The number of nitrogens with two attached hydrogens (primary N) is 1. The monoisotopic (exact) mass is 396 g/mol. The van der Waals surface area contributed by atoms with Crippen LogP contribution in [-0.4, -0.2) is 25.7 Å². The second-order valence-corrected chi connectivity index (χ2v) is 6.49. The number of aryl methyl sites for hydroxylation is 2. The minimum Gasteiger partial charge on any atom is -0.453 e. The Hall–Kier alpha value is -2.92. The van der Waals surface area contributed by atoms with E-state index < -0.39 is 0 Å². The smallest absolute Gasteiger partial charge is 0.185 e. The van der Waals surface area contributed by atoms with Crippen molar-refractivity contribution in [2.45, 2.75) is 40.5 Å². The molecule has 3 aromatic rings. The molecular weight excluding hydrogens is 364 g/mol. The highest BCUT2D eigenvalue weighted by atomic mass is 16.3. The van der Waals surface area contributed by atoms with Crippen LogP contribution in [0.2, 0.25) is 0 Å². The van der Waals surface area contributed by atoms with Crippen molar-refractivity contribution >= 4 is 28.7 Å². The van der Waals surface area contributed by atoms with E-state index in [2.05, 4.69) is 11.1 Å². The minimum atomic E-state index is 0.251. The zero-order chi connectivity index (χ0) is 21.8. The second kappa shape index (κ2) is 12.5. The van der Waals surface area contributed by atoms with Gasteiger partial charge >= 0.3 is 0 Å². The number of furan rings is 1. The Morgan fingerprint density at radius 2 is 1.83 bits per heavy atom. The van der Waals surface area contributed by atoms with Crippen molar-refractivity contribution in [2.24, 2.45) is 5.73 Å².